The van der Waals surface area contributed by atoms with Gasteiger partial charge in [0.25, 0.3) is 0 Å². The van der Waals surface area contributed by atoms with Gasteiger partial charge in [0.2, 0.25) is 0 Å². The smallest absolute Gasteiger partial charge is 0.306 e. The molecule has 2 rings (SSSR count). The summed E-state index contributed by atoms with van der Waals surface area (Å²) in [6.45, 7) is 0. The van der Waals surface area contributed by atoms with Crippen molar-refractivity contribution in [2.45, 2.75) is 69.6 Å². The minimum Gasteiger partial charge on any atom is -0.481 e. The summed E-state index contributed by atoms with van der Waals surface area (Å²) >= 11 is 0. The maximum absolute atomic E-state index is 11.0. The van der Waals surface area contributed by atoms with Crippen LogP contribution in [0.15, 0.2) is 0 Å². The van der Waals surface area contributed by atoms with Crippen molar-refractivity contribution in [3.8, 4) is 0 Å². The fourth-order valence-electron chi connectivity index (χ4n) is 3.21. The number of hydrogen-bond donors (Lipinski definition) is 3. The summed E-state index contributed by atoms with van der Waals surface area (Å²) in [5.41, 5.74) is 0. The molecule has 4 unspecified atom stereocenters. The van der Waals surface area contributed by atoms with E-state index in [-0.39, 0.29) is 12.0 Å². The van der Waals surface area contributed by atoms with Crippen molar-refractivity contribution in [2.24, 2.45) is 5.92 Å². The Balaban J connectivity index is 1.79. The summed E-state index contributed by atoms with van der Waals surface area (Å²) in [5, 5.41) is 22.2. The first-order chi connectivity index (χ1) is 8.15. The van der Waals surface area contributed by atoms with E-state index in [2.05, 4.69) is 5.32 Å². The van der Waals surface area contributed by atoms with E-state index in [0.717, 1.165) is 51.4 Å². The average Bonchev–Trinajstić information content (AvgIpc) is 2.29. The van der Waals surface area contributed by atoms with Gasteiger partial charge in [-0.25, -0.2) is 0 Å². The molecule has 4 heteroatoms. The van der Waals surface area contributed by atoms with Gasteiger partial charge in [-0.05, 0) is 44.9 Å². The monoisotopic (exact) mass is 241 g/mol. The molecule has 17 heavy (non-hydrogen) atoms. The van der Waals surface area contributed by atoms with Gasteiger partial charge in [-0.1, -0.05) is 6.42 Å². The molecule has 0 bridgehead atoms. The number of rotatable bonds is 3. The van der Waals surface area contributed by atoms with Gasteiger partial charge < -0.3 is 15.5 Å². The zero-order chi connectivity index (χ0) is 12.3. The van der Waals surface area contributed by atoms with Crippen molar-refractivity contribution < 1.29 is 15.0 Å². The summed E-state index contributed by atoms with van der Waals surface area (Å²) in [7, 11) is 0. The highest BCUT2D eigenvalue weighted by Gasteiger charge is 2.29. The summed E-state index contributed by atoms with van der Waals surface area (Å²) < 4.78 is 0. The van der Waals surface area contributed by atoms with E-state index < -0.39 is 5.97 Å². The van der Waals surface area contributed by atoms with Crippen LogP contribution in [0.25, 0.3) is 0 Å². The molecule has 4 atom stereocenters. The second kappa shape index (κ2) is 5.83. The molecule has 3 N–H and O–H groups in total. The Morgan fingerprint density at radius 3 is 2.29 bits per heavy atom. The number of aliphatic hydroxyl groups is 1. The minimum absolute atomic E-state index is 0.167. The highest BCUT2D eigenvalue weighted by molar-refractivity contribution is 5.70. The molecule has 0 spiro atoms. The number of carboxylic acids is 1. The first kappa shape index (κ1) is 12.8. The average molecular weight is 241 g/mol. The zero-order valence-corrected chi connectivity index (χ0v) is 10.3. The number of carbonyl (C=O) groups is 1. The van der Waals surface area contributed by atoms with Crippen LogP contribution < -0.4 is 5.32 Å². The molecule has 2 aliphatic carbocycles. The Kier molecular flexibility index (Phi) is 4.40. The van der Waals surface area contributed by atoms with Crippen molar-refractivity contribution in [1.29, 1.82) is 0 Å². The number of aliphatic hydroxyl groups excluding tert-OH is 1. The first-order valence-corrected chi connectivity index (χ1v) is 6.82. The molecule has 0 amide bonds. The molecule has 0 radical (unpaired) electrons. The van der Waals surface area contributed by atoms with E-state index in [1.54, 1.807) is 0 Å². The van der Waals surface area contributed by atoms with Gasteiger partial charge in [0.1, 0.15) is 0 Å². The quantitative estimate of drug-likeness (QED) is 0.700. The highest BCUT2D eigenvalue weighted by atomic mass is 16.4. The van der Waals surface area contributed by atoms with Crippen LogP contribution in [0, 0.1) is 5.92 Å². The first-order valence-electron chi connectivity index (χ1n) is 6.82. The fraction of sp³-hybridized carbons (Fsp3) is 0.923. The Hall–Kier alpha value is -0.610. The largest absolute Gasteiger partial charge is 0.481 e. The molecule has 0 aliphatic heterocycles. The third kappa shape index (κ3) is 3.68. The van der Waals surface area contributed by atoms with Gasteiger partial charge in [-0.2, -0.15) is 0 Å². The molecule has 98 valence electrons. The standard InChI is InChI=1S/C13H23NO3/c15-12-6-2-5-11(8-12)14-10-4-1-3-9(7-10)13(16)17/h9-12,14-15H,1-8H2,(H,16,17). The van der Waals surface area contributed by atoms with Crippen molar-refractivity contribution in [1.82, 2.24) is 5.32 Å². The summed E-state index contributed by atoms with van der Waals surface area (Å²) in [4.78, 5) is 11.0. The van der Waals surface area contributed by atoms with Gasteiger partial charge >= 0.3 is 5.97 Å². The van der Waals surface area contributed by atoms with Gasteiger partial charge in [-0.15, -0.1) is 0 Å². The number of hydrogen-bond acceptors (Lipinski definition) is 3. The van der Waals surface area contributed by atoms with Crippen LogP contribution in [-0.2, 0) is 4.79 Å². The summed E-state index contributed by atoms with van der Waals surface area (Å²) in [5.74, 6) is -0.824. The molecule has 0 saturated heterocycles. The number of aliphatic carboxylic acids is 1. The van der Waals surface area contributed by atoms with E-state index >= 15 is 0 Å². The second-order valence-corrected chi connectivity index (χ2v) is 5.58. The maximum atomic E-state index is 11.0. The Morgan fingerprint density at radius 1 is 1.00 bits per heavy atom. The lowest BCUT2D eigenvalue weighted by Crippen LogP contribution is -2.45. The van der Waals surface area contributed by atoms with Crippen LogP contribution in [0.3, 0.4) is 0 Å². The molecule has 4 nitrogen and oxygen atoms in total. The molecule has 0 aromatic carbocycles. The molecule has 2 saturated carbocycles. The summed E-state index contributed by atoms with van der Waals surface area (Å²) in [6, 6.07) is 0.719. The summed E-state index contributed by atoms with van der Waals surface area (Å²) in [6.07, 6.45) is 7.43. The Labute approximate surface area is 102 Å². The third-order valence-electron chi connectivity index (χ3n) is 4.14. The van der Waals surface area contributed by atoms with Gasteiger partial charge in [0, 0.05) is 12.1 Å². The normalized spacial score (nSPS) is 38.9. The van der Waals surface area contributed by atoms with Gasteiger partial charge in [-0.3, -0.25) is 4.79 Å². The molecule has 0 aromatic rings. The van der Waals surface area contributed by atoms with Crippen LogP contribution in [0.1, 0.15) is 51.4 Å². The molecule has 0 heterocycles. The van der Waals surface area contributed by atoms with E-state index in [4.69, 9.17) is 5.11 Å². The number of carboxylic acid groups (broad SMARTS) is 1. The lowest BCUT2D eigenvalue weighted by Gasteiger charge is -2.34. The van der Waals surface area contributed by atoms with E-state index in [0.29, 0.717) is 12.1 Å². The second-order valence-electron chi connectivity index (χ2n) is 5.58. The lowest BCUT2D eigenvalue weighted by molar-refractivity contribution is -0.143. The third-order valence-corrected chi connectivity index (χ3v) is 4.14. The van der Waals surface area contributed by atoms with Crippen molar-refractivity contribution >= 4 is 5.97 Å². The minimum atomic E-state index is -0.653. The highest BCUT2D eigenvalue weighted by Crippen LogP contribution is 2.26. The molecule has 2 fully saturated rings. The van der Waals surface area contributed by atoms with Crippen LogP contribution >= 0.6 is 0 Å². The number of nitrogens with one attached hydrogen (secondary N) is 1. The van der Waals surface area contributed by atoms with E-state index in [1.165, 1.54) is 0 Å². The van der Waals surface area contributed by atoms with Gasteiger partial charge in [0.15, 0.2) is 0 Å². The van der Waals surface area contributed by atoms with Gasteiger partial charge in [0.05, 0.1) is 12.0 Å². The molecule has 2 aliphatic rings. The topological polar surface area (TPSA) is 69.6 Å². The van der Waals surface area contributed by atoms with E-state index in [1.807, 2.05) is 0 Å². The molecular weight excluding hydrogens is 218 g/mol. The van der Waals surface area contributed by atoms with Crippen LogP contribution in [-0.4, -0.2) is 34.4 Å². The molecular formula is C13H23NO3. The predicted molar refractivity (Wildman–Crippen MR) is 64.8 cm³/mol. The van der Waals surface area contributed by atoms with Crippen LogP contribution in [0.2, 0.25) is 0 Å². The van der Waals surface area contributed by atoms with Crippen molar-refractivity contribution in [3.05, 3.63) is 0 Å². The predicted octanol–water partition coefficient (Wildman–Crippen LogP) is 1.52. The SMILES string of the molecule is O=C(O)C1CCCC(NC2CCCC(O)C2)C1. The van der Waals surface area contributed by atoms with Crippen LogP contribution in [0.5, 0.6) is 0 Å². The van der Waals surface area contributed by atoms with E-state index in [9.17, 15) is 9.90 Å². The maximum Gasteiger partial charge on any atom is 0.306 e. The lowest BCUT2D eigenvalue weighted by atomic mass is 9.84. The Bertz CT molecular complexity index is 269. The molecule has 0 aromatic heterocycles. The Morgan fingerprint density at radius 2 is 1.65 bits per heavy atom. The zero-order valence-electron chi connectivity index (χ0n) is 10.3. The van der Waals surface area contributed by atoms with Crippen molar-refractivity contribution in [3.63, 3.8) is 0 Å². The fourth-order valence-corrected chi connectivity index (χ4v) is 3.21. The van der Waals surface area contributed by atoms with Crippen molar-refractivity contribution in [2.75, 3.05) is 0 Å². The van der Waals surface area contributed by atoms with Crippen LogP contribution in [0.4, 0.5) is 0 Å².